The van der Waals surface area contributed by atoms with E-state index in [1.54, 1.807) is 37.0 Å². The zero-order valence-corrected chi connectivity index (χ0v) is 19.3. The summed E-state index contributed by atoms with van der Waals surface area (Å²) in [6.07, 6.45) is 1.66. The lowest BCUT2D eigenvalue weighted by atomic mass is 10.0. The summed E-state index contributed by atoms with van der Waals surface area (Å²) in [4.78, 5) is 32.1. The molecule has 33 heavy (non-hydrogen) atoms. The zero-order valence-electron chi connectivity index (χ0n) is 19.3. The first-order valence-corrected chi connectivity index (χ1v) is 10.7. The molecule has 0 unspecified atom stereocenters. The summed E-state index contributed by atoms with van der Waals surface area (Å²) in [5, 5.41) is 11.5. The van der Waals surface area contributed by atoms with E-state index in [9.17, 15) is 9.59 Å². The molecule has 3 heterocycles. The molecular formula is C24H26N6O3. The van der Waals surface area contributed by atoms with Crippen LogP contribution in [-0.4, -0.2) is 50.2 Å². The van der Waals surface area contributed by atoms with Crippen molar-refractivity contribution < 1.29 is 14.1 Å². The number of benzene rings is 1. The average molecular weight is 447 g/mol. The molecule has 170 valence electrons. The minimum Gasteiger partial charge on any atom is -0.360 e. The van der Waals surface area contributed by atoms with E-state index in [0.29, 0.717) is 33.9 Å². The third kappa shape index (κ3) is 4.48. The molecule has 1 N–H and O–H groups in total. The summed E-state index contributed by atoms with van der Waals surface area (Å²) in [5.74, 6) is 0.220. The first kappa shape index (κ1) is 22.2. The van der Waals surface area contributed by atoms with Crippen LogP contribution in [-0.2, 0) is 4.79 Å². The highest BCUT2D eigenvalue weighted by atomic mass is 16.5. The summed E-state index contributed by atoms with van der Waals surface area (Å²) in [5.41, 5.74) is 3.74. The van der Waals surface area contributed by atoms with Gasteiger partial charge in [-0.05, 0) is 39.3 Å². The Kier molecular flexibility index (Phi) is 5.95. The zero-order chi connectivity index (χ0) is 23.7. The second-order valence-electron chi connectivity index (χ2n) is 8.32. The number of hydrogen-bond acceptors (Lipinski definition) is 6. The van der Waals surface area contributed by atoms with E-state index in [0.717, 1.165) is 11.1 Å². The van der Waals surface area contributed by atoms with Crippen LogP contribution in [0, 0.1) is 13.8 Å². The maximum Gasteiger partial charge on any atom is 0.254 e. The lowest BCUT2D eigenvalue weighted by Crippen LogP contribution is -2.35. The van der Waals surface area contributed by atoms with Crippen molar-refractivity contribution in [3.63, 3.8) is 0 Å². The van der Waals surface area contributed by atoms with Crippen LogP contribution in [0.25, 0.3) is 22.3 Å². The molecule has 0 saturated carbocycles. The normalized spacial score (nSPS) is 11.2. The molecule has 3 aromatic heterocycles. The quantitative estimate of drug-likeness (QED) is 0.480. The highest BCUT2D eigenvalue weighted by Crippen LogP contribution is 2.28. The number of amides is 2. The van der Waals surface area contributed by atoms with E-state index in [1.165, 1.54) is 4.90 Å². The molecule has 2 amide bonds. The summed E-state index contributed by atoms with van der Waals surface area (Å²) in [6, 6.07) is 11.3. The number of nitrogens with zero attached hydrogens (tertiary/aromatic N) is 5. The van der Waals surface area contributed by atoms with E-state index >= 15 is 0 Å². The van der Waals surface area contributed by atoms with Crippen LogP contribution in [0.3, 0.4) is 0 Å². The minimum absolute atomic E-state index is 0.0690. The van der Waals surface area contributed by atoms with Crippen LogP contribution < -0.4 is 5.32 Å². The van der Waals surface area contributed by atoms with Crippen molar-refractivity contribution in [3.05, 3.63) is 59.5 Å². The maximum atomic E-state index is 13.4. The minimum atomic E-state index is -0.374. The SMILES string of the molecule is Cc1cc(NC(=O)CN(C)C(=O)c2cc(-c3ccccc3C)nc3c2cnn3C(C)C)no1. The number of hydrogen-bond donors (Lipinski definition) is 1. The van der Waals surface area contributed by atoms with Gasteiger partial charge in [-0.1, -0.05) is 29.4 Å². The van der Waals surface area contributed by atoms with Gasteiger partial charge in [-0.2, -0.15) is 5.10 Å². The first-order valence-electron chi connectivity index (χ1n) is 10.7. The number of carbonyl (C=O) groups excluding carboxylic acids is 2. The molecule has 0 aliphatic rings. The number of rotatable bonds is 6. The van der Waals surface area contributed by atoms with Gasteiger partial charge in [-0.15, -0.1) is 0 Å². The van der Waals surface area contributed by atoms with E-state index in [-0.39, 0.29) is 24.4 Å². The van der Waals surface area contributed by atoms with Crippen LogP contribution in [0.5, 0.6) is 0 Å². The van der Waals surface area contributed by atoms with E-state index < -0.39 is 0 Å². The first-order chi connectivity index (χ1) is 15.7. The van der Waals surface area contributed by atoms with E-state index in [2.05, 4.69) is 15.6 Å². The predicted octanol–water partition coefficient (Wildman–Crippen LogP) is 3.99. The molecular weight excluding hydrogens is 420 g/mol. The van der Waals surface area contributed by atoms with Crippen LogP contribution in [0.2, 0.25) is 0 Å². The number of nitrogens with one attached hydrogen (secondary N) is 1. The maximum absolute atomic E-state index is 13.4. The Balaban J connectivity index is 1.70. The van der Waals surface area contributed by atoms with Crippen LogP contribution >= 0.6 is 0 Å². The van der Waals surface area contributed by atoms with Crippen molar-refractivity contribution in [2.45, 2.75) is 33.7 Å². The van der Waals surface area contributed by atoms with E-state index in [4.69, 9.17) is 9.51 Å². The third-order valence-corrected chi connectivity index (χ3v) is 5.33. The summed E-state index contributed by atoms with van der Waals surface area (Å²) >= 11 is 0. The Hall–Kier alpha value is -4.01. The monoisotopic (exact) mass is 446 g/mol. The Morgan fingerprint density at radius 3 is 2.61 bits per heavy atom. The molecule has 1 aromatic carbocycles. The highest BCUT2D eigenvalue weighted by Gasteiger charge is 2.23. The molecule has 0 saturated heterocycles. The Morgan fingerprint density at radius 1 is 1.18 bits per heavy atom. The predicted molar refractivity (Wildman–Crippen MR) is 125 cm³/mol. The van der Waals surface area contributed by atoms with Crippen molar-refractivity contribution in [1.82, 2.24) is 24.8 Å². The van der Waals surface area contributed by atoms with Gasteiger partial charge >= 0.3 is 0 Å². The van der Waals surface area contributed by atoms with Gasteiger partial charge in [0.2, 0.25) is 5.91 Å². The third-order valence-electron chi connectivity index (χ3n) is 5.33. The fraction of sp³-hybridized carbons (Fsp3) is 0.292. The number of aromatic nitrogens is 4. The average Bonchev–Trinajstić information content (AvgIpc) is 3.38. The molecule has 9 nitrogen and oxygen atoms in total. The summed E-state index contributed by atoms with van der Waals surface area (Å²) in [6.45, 7) is 7.61. The standard InChI is InChI=1S/C24H26N6O3/c1-14(2)30-23-19(12-25-30)18(11-20(26-23)17-9-7-6-8-15(17)3)24(32)29(5)13-22(31)27-21-10-16(4)33-28-21/h6-12,14H,13H2,1-5H3,(H,27,28,31). The lowest BCUT2D eigenvalue weighted by Gasteiger charge is -2.18. The molecule has 0 radical (unpaired) electrons. The number of carbonyl (C=O) groups is 2. The van der Waals surface area contributed by atoms with Crippen LogP contribution in [0.15, 0.2) is 47.1 Å². The van der Waals surface area contributed by atoms with Crippen LogP contribution in [0.1, 0.15) is 41.6 Å². The largest absolute Gasteiger partial charge is 0.360 e. The molecule has 4 aromatic rings. The van der Waals surface area contributed by atoms with Crippen molar-refractivity contribution in [2.24, 2.45) is 0 Å². The second kappa shape index (κ2) is 8.85. The van der Waals surface area contributed by atoms with Crippen molar-refractivity contribution in [2.75, 3.05) is 18.9 Å². The number of likely N-dealkylation sites (N-methyl/N-ethyl adjacent to an activating group) is 1. The number of aryl methyl sites for hydroxylation is 2. The van der Waals surface area contributed by atoms with Gasteiger partial charge in [0.15, 0.2) is 11.5 Å². The smallest absolute Gasteiger partial charge is 0.254 e. The molecule has 0 atom stereocenters. The van der Waals surface area contributed by atoms with Gasteiger partial charge < -0.3 is 14.7 Å². The van der Waals surface area contributed by atoms with Gasteiger partial charge in [0.1, 0.15) is 5.76 Å². The van der Waals surface area contributed by atoms with Crippen molar-refractivity contribution >= 4 is 28.7 Å². The van der Waals surface area contributed by atoms with Gasteiger partial charge in [-0.3, -0.25) is 9.59 Å². The fourth-order valence-electron chi connectivity index (χ4n) is 3.67. The second-order valence-corrected chi connectivity index (χ2v) is 8.32. The molecule has 0 fully saturated rings. The number of anilines is 1. The Morgan fingerprint density at radius 2 is 1.94 bits per heavy atom. The van der Waals surface area contributed by atoms with Gasteiger partial charge in [0.25, 0.3) is 5.91 Å². The summed E-state index contributed by atoms with van der Waals surface area (Å²) in [7, 11) is 1.59. The molecule has 0 bridgehead atoms. The van der Waals surface area contributed by atoms with Crippen molar-refractivity contribution in [3.8, 4) is 11.3 Å². The number of fused-ring (bicyclic) bond motifs is 1. The van der Waals surface area contributed by atoms with Crippen LogP contribution in [0.4, 0.5) is 5.82 Å². The fourth-order valence-corrected chi connectivity index (χ4v) is 3.67. The van der Waals surface area contributed by atoms with E-state index in [1.807, 2.05) is 45.0 Å². The lowest BCUT2D eigenvalue weighted by molar-refractivity contribution is -0.116. The van der Waals surface area contributed by atoms with Gasteiger partial charge in [0.05, 0.1) is 29.4 Å². The molecule has 0 aliphatic carbocycles. The highest BCUT2D eigenvalue weighted by molar-refractivity contribution is 6.07. The van der Waals surface area contributed by atoms with Gasteiger partial charge in [-0.25, -0.2) is 9.67 Å². The summed E-state index contributed by atoms with van der Waals surface area (Å²) < 4.78 is 6.76. The van der Waals surface area contributed by atoms with Crippen molar-refractivity contribution in [1.29, 1.82) is 0 Å². The molecule has 4 rings (SSSR count). The Labute approximate surface area is 191 Å². The Bertz CT molecular complexity index is 1340. The molecule has 0 aliphatic heterocycles. The molecule has 0 spiro atoms. The molecule has 9 heteroatoms. The topological polar surface area (TPSA) is 106 Å². The number of pyridine rings is 1. The van der Waals surface area contributed by atoms with Gasteiger partial charge in [0, 0.05) is 24.7 Å².